The van der Waals surface area contributed by atoms with Gasteiger partial charge in [0.25, 0.3) is 0 Å². The fourth-order valence-electron chi connectivity index (χ4n) is 2.51. The Labute approximate surface area is 129 Å². The molecule has 0 bridgehead atoms. The van der Waals surface area contributed by atoms with Crippen LogP contribution in [0.25, 0.3) is 0 Å². The van der Waals surface area contributed by atoms with Crippen LogP contribution < -0.4 is 11.4 Å². The Bertz CT molecular complexity index is 824. The van der Waals surface area contributed by atoms with Crippen LogP contribution in [0.3, 0.4) is 0 Å². The second kappa shape index (κ2) is 5.37. The van der Waals surface area contributed by atoms with Crippen LogP contribution in [0.5, 0.6) is 0 Å². The van der Waals surface area contributed by atoms with Gasteiger partial charge in [0.05, 0.1) is 6.04 Å². The summed E-state index contributed by atoms with van der Waals surface area (Å²) in [6, 6.07) is 7.72. The molecule has 0 fully saturated rings. The van der Waals surface area contributed by atoms with Gasteiger partial charge in [-0.05, 0) is 17.7 Å². The highest BCUT2D eigenvalue weighted by molar-refractivity contribution is 9.10. The zero-order chi connectivity index (χ0) is 15.0. The SMILES string of the molecule is Cn1c(=O)[nH]n([C@H]2C=CC=C[C@@H]2c2ccc(Br)cc2)c1=O. The monoisotopic (exact) mass is 347 g/mol. The lowest BCUT2D eigenvalue weighted by Gasteiger charge is -2.24. The molecule has 2 atom stereocenters. The number of halogens is 1. The lowest BCUT2D eigenvalue weighted by molar-refractivity contribution is 0.472. The first kappa shape index (κ1) is 13.9. The fraction of sp³-hybridized carbons (Fsp3) is 0.200. The van der Waals surface area contributed by atoms with Crippen molar-refractivity contribution in [3.8, 4) is 0 Å². The molecule has 1 N–H and O–H groups in total. The normalized spacial score (nSPS) is 20.9. The van der Waals surface area contributed by atoms with Crippen LogP contribution in [0.1, 0.15) is 17.5 Å². The maximum atomic E-state index is 12.1. The molecule has 1 aromatic heterocycles. The molecule has 5 nitrogen and oxygen atoms in total. The molecule has 0 radical (unpaired) electrons. The average Bonchev–Trinajstić information content (AvgIpc) is 2.76. The molecule has 21 heavy (non-hydrogen) atoms. The van der Waals surface area contributed by atoms with E-state index in [-0.39, 0.29) is 17.6 Å². The van der Waals surface area contributed by atoms with Gasteiger partial charge in [-0.3, -0.25) is 0 Å². The molecular weight excluding hydrogens is 334 g/mol. The van der Waals surface area contributed by atoms with Gasteiger partial charge >= 0.3 is 11.4 Å². The van der Waals surface area contributed by atoms with E-state index in [1.807, 2.05) is 48.6 Å². The van der Waals surface area contributed by atoms with Gasteiger partial charge in [-0.2, -0.15) is 0 Å². The van der Waals surface area contributed by atoms with Crippen LogP contribution in [-0.2, 0) is 7.05 Å². The third-order valence-electron chi connectivity index (χ3n) is 3.67. The van der Waals surface area contributed by atoms with Crippen LogP contribution >= 0.6 is 15.9 Å². The molecule has 0 aliphatic heterocycles. The summed E-state index contributed by atoms with van der Waals surface area (Å²) in [7, 11) is 1.47. The zero-order valence-electron chi connectivity index (χ0n) is 11.4. The first-order chi connectivity index (χ1) is 10.1. The molecule has 0 unspecified atom stereocenters. The summed E-state index contributed by atoms with van der Waals surface area (Å²) in [5.41, 5.74) is 0.338. The molecule has 1 aliphatic rings. The highest BCUT2D eigenvalue weighted by atomic mass is 79.9. The number of nitrogens with one attached hydrogen (secondary N) is 1. The molecule has 3 rings (SSSR count). The van der Waals surface area contributed by atoms with Crippen molar-refractivity contribution in [2.75, 3.05) is 0 Å². The number of benzene rings is 1. The number of H-pyrrole nitrogens is 1. The van der Waals surface area contributed by atoms with E-state index in [2.05, 4.69) is 21.0 Å². The van der Waals surface area contributed by atoms with Crippen molar-refractivity contribution in [3.63, 3.8) is 0 Å². The van der Waals surface area contributed by atoms with E-state index < -0.39 is 5.69 Å². The van der Waals surface area contributed by atoms with E-state index in [0.717, 1.165) is 14.6 Å². The molecule has 1 aromatic carbocycles. The Morgan fingerprint density at radius 1 is 1.10 bits per heavy atom. The van der Waals surface area contributed by atoms with E-state index in [1.165, 1.54) is 11.7 Å². The molecular formula is C15H14BrN3O2. The van der Waals surface area contributed by atoms with Gasteiger partial charge in [0.2, 0.25) is 0 Å². The third kappa shape index (κ3) is 2.47. The average molecular weight is 348 g/mol. The largest absolute Gasteiger partial charge is 0.347 e. The van der Waals surface area contributed by atoms with Crippen molar-refractivity contribution in [1.82, 2.24) is 14.3 Å². The van der Waals surface area contributed by atoms with Gasteiger partial charge in [-0.25, -0.2) is 23.9 Å². The number of allylic oxidation sites excluding steroid dienone is 4. The Kier molecular flexibility index (Phi) is 3.55. The Morgan fingerprint density at radius 2 is 1.76 bits per heavy atom. The summed E-state index contributed by atoms with van der Waals surface area (Å²) in [6.07, 6.45) is 7.79. The van der Waals surface area contributed by atoms with Crippen molar-refractivity contribution >= 4 is 15.9 Å². The smallest absolute Gasteiger partial charge is 0.246 e. The van der Waals surface area contributed by atoms with Gasteiger partial charge in [0.1, 0.15) is 0 Å². The van der Waals surface area contributed by atoms with Crippen molar-refractivity contribution in [1.29, 1.82) is 0 Å². The van der Waals surface area contributed by atoms with Crippen LogP contribution in [0.4, 0.5) is 0 Å². The summed E-state index contributed by atoms with van der Waals surface area (Å²) in [5.74, 6) is -0.00106. The minimum atomic E-state index is -0.405. The second-order valence-corrected chi connectivity index (χ2v) is 5.88. The summed E-state index contributed by atoms with van der Waals surface area (Å²) in [6.45, 7) is 0. The molecule has 1 heterocycles. The highest BCUT2D eigenvalue weighted by Crippen LogP contribution is 2.32. The summed E-state index contributed by atoms with van der Waals surface area (Å²) in [4.78, 5) is 23.8. The predicted octanol–water partition coefficient (Wildman–Crippen LogP) is 2.09. The molecule has 0 saturated carbocycles. The van der Waals surface area contributed by atoms with Gasteiger partial charge in [0.15, 0.2) is 0 Å². The molecule has 0 amide bonds. The Hall–Kier alpha value is -2.08. The van der Waals surface area contributed by atoms with Crippen LogP contribution in [0, 0.1) is 0 Å². The van der Waals surface area contributed by atoms with E-state index in [1.54, 1.807) is 0 Å². The van der Waals surface area contributed by atoms with E-state index in [4.69, 9.17) is 0 Å². The van der Waals surface area contributed by atoms with Crippen molar-refractivity contribution in [2.24, 2.45) is 7.05 Å². The molecule has 6 heteroatoms. The Balaban J connectivity index is 2.07. The lowest BCUT2D eigenvalue weighted by Crippen LogP contribution is -2.30. The maximum absolute atomic E-state index is 12.1. The van der Waals surface area contributed by atoms with Gasteiger partial charge in [-0.15, -0.1) is 0 Å². The minimum Gasteiger partial charge on any atom is -0.246 e. The third-order valence-corrected chi connectivity index (χ3v) is 4.20. The summed E-state index contributed by atoms with van der Waals surface area (Å²) < 4.78 is 3.46. The lowest BCUT2D eigenvalue weighted by atomic mass is 9.88. The van der Waals surface area contributed by atoms with Crippen LogP contribution in [-0.4, -0.2) is 14.3 Å². The first-order valence-corrected chi connectivity index (χ1v) is 7.35. The number of hydrogen-bond acceptors (Lipinski definition) is 2. The van der Waals surface area contributed by atoms with Crippen LogP contribution in [0.15, 0.2) is 62.6 Å². The van der Waals surface area contributed by atoms with E-state index in [0.29, 0.717) is 0 Å². The number of rotatable bonds is 2. The minimum absolute atomic E-state index is 0.00106. The zero-order valence-corrected chi connectivity index (χ0v) is 12.9. The van der Waals surface area contributed by atoms with Crippen LogP contribution in [0.2, 0.25) is 0 Å². The van der Waals surface area contributed by atoms with Crippen molar-refractivity contribution in [2.45, 2.75) is 12.0 Å². The number of nitrogens with zero attached hydrogens (tertiary/aromatic N) is 2. The number of hydrogen-bond donors (Lipinski definition) is 1. The number of aromatic nitrogens is 3. The summed E-state index contributed by atoms with van der Waals surface area (Å²) >= 11 is 3.42. The maximum Gasteiger partial charge on any atom is 0.347 e. The van der Waals surface area contributed by atoms with Crippen molar-refractivity contribution in [3.05, 3.63) is 79.6 Å². The van der Waals surface area contributed by atoms with Gasteiger partial charge in [-0.1, -0.05) is 52.4 Å². The fourth-order valence-corrected chi connectivity index (χ4v) is 2.78. The van der Waals surface area contributed by atoms with Gasteiger partial charge < -0.3 is 0 Å². The Morgan fingerprint density at radius 3 is 2.38 bits per heavy atom. The molecule has 0 saturated heterocycles. The molecule has 1 aliphatic carbocycles. The highest BCUT2D eigenvalue weighted by Gasteiger charge is 2.25. The number of aromatic amines is 1. The quantitative estimate of drug-likeness (QED) is 0.904. The summed E-state index contributed by atoms with van der Waals surface area (Å²) in [5, 5.41) is 2.61. The topological polar surface area (TPSA) is 59.8 Å². The van der Waals surface area contributed by atoms with Crippen molar-refractivity contribution < 1.29 is 0 Å². The molecule has 0 spiro atoms. The molecule has 108 valence electrons. The second-order valence-electron chi connectivity index (χ2n) is 4.97. The predicted molar refractivity (Wildman–Crippen MR) is 84.5 cm³/mol. The van der Waals surface area contributed by atoms with Gasteiger partial charge in [0, 0.05) is 17.4 Å². The molecule has 2 aromatic rings. The standard InChI is InChI=1S/C15H14BrN3O2/c1-18-14(20)17-19(15(18)21)13-5-3-2-4-12(13)10-6-8-11(16)9-7-10/h2-9,12-13H,1H3,(H,17,20)/t12-,13+/m1/s1. The van der Waals surface area contributed by atoms with E-state index >= 15 is 0 Å². The van der Waals surface area contributed by atoms with E-state index in [9.17, 15) is 9.59 Å². The first-order valence-electron chi connectivity index (χ1n) is 6.56.